The van der Waals surface area contributed by atoms with Crippen LogP contribution in [-0.2, 0) is 15.9 Å². The van der Waals surface area contributed by atoms with E-state index in [-0.39, 0.29) is 24.0 Å². The van der Waals surface area contributed by atoms with E-state index in [1.807, 2.05) is 17.5 Å². The van der Waals surface area contributed by atoms with Gasteiger partial charge in [-0.3, -0.25) is 13.8 Å². The summed E-state index contributed by atoms with van der Waals surface area (Å²) in [6.45, 7) is 0.274. The zero-order valence-corrected chi connectivity index (χ0v) is 21.6. The first-order valence-electron chi connectivity index (χ1n) is 12.2. The number of aromatic nitrogens is 1. The van der Waals surface area contributed by atoms with Gasteiger partial charge in [-0.1, -0.05) is 42.5 Å². The number of nitrogens with one attached hydrogen (secondary N) is 3. The topological polar surface area (TPSA) is 160 Å². The number of furan rings is 1. The Kier molecular flexibility index (Phi) is 7.02. The molecular formula is C25H26N5O5S2-. The van der Waals surface area contributed by atoms with E-state index in [1.165, 1.54) is 11.3 Å². The number of benzene rings is 1. The van der Waals surface area contributed by atoms with E-state index in [0.717, 1.165) is 30.2 Å². The van der Waals surface area contributed by atoms with Crippen molar-refractivity contribution in [3.05, 3.63) is 35.4 Å². The second-order valence-corrected chi connectivity index (χ2v) is 11.5. The summed E-state index contributed by atoms with van der Waals surface area (Å²) in [5.74, 6) is -0.655. The van der Waals surface area contributed by atoms with E-state index < -0.39 is 28.1 Å². The summed E-state index contributed by atoms with van der Waals surface area (Å²) in [5, 5.41) is 21.4. The minimum atomic E-state index is -2.11. The zero-order chi connectivity index (χ0) is 26.0. The van der Waals surface area contributed by atoms with Crippen molar-refractivity contribution in [3.8, 4) is 17.3 Å². The third-order valence-electron chi connectivity index (χ3n) is 6.90. The first-order chi connectivity index (χ1) is 17.8. The summed E-state index contributed by atoms with van der Waals surface area (Å²) in [4.78, 5) is 31.0. The Bertz CT molecular complexity index is 1400. The standard InChI is InChI=1S/C25H27N5O5S2/c26-15-24(8-9-24)30-22(32)25(6-2-1-3-7-25)29-21(31)20-13-17-5-4-16(12-19(17)35-20)18-14-36-23(28-18)27-10-11-37(33)34/h4-5,12-14H,1-3,6-11H2,(H,27,28)(H,29,31)(H,30,32)(H,33,34)/p-1. The van der Waals surface area contributed by atoms with Crippen molar-refractivity contribution in [2.24, 2.45) is 0 Å². The smallest absolute Gasteiger partial charge is 0.287 e. The number of nitriles is 1. The number of rotatable bonds is 9. The molecule has 0 saturated heterocycles. The Morgan fingerprint density at radius 1 is 1.16 bits per heavy atom. The quantitative estimate of drug-likeness (QED) is 0.348. The predicted molar refractivity (Wildman–Crippen MR) is 139 cm³/mol. The number of carbonyl (C=O) groups excluding carboxylic acids is 2. The highest BCUT2D eigenvalue weighted by atomic mass is 32.2. The van der Waals surface area contributed by atoms with Crippen LogP contribution in [0.5, 0.6) is 0 Å². The normalized spacial score (nSPS) is 18.5. The van der Waals surface area contributed by atoms with E-state index in [9.17, 15) is 23.6 Å². The molecule has 0 aliphatic heterocycles. The molecule has 1 atom stereocenters. The largest absolute Gasteiger partial charge is 0.772 e. The third-order valence-corrected chi connectivity index (χ3v) is 8.24. The minimum absolute atomic E-state index is 0.000248. The van der Waals surface area contributed by atoms with Gasteiger partial charge < -0.3 is 24.9 Å². The first-order valence-corrected chi connectivity index (χ1v) is 14.3. The van der Waals surface area contributed by atoms with Gasteiger partial charge >= 0.3 is 0 Å². The van der Waals surface area contributed by atoms with E-state index in [2.05, 4.69) is 27.0 Å². The fourth-order valence-corrected chi connectivity index (χ4v) is 5.62. The zero-order valence-electron chi connectivity index (χ0n) is 20.0. The Labute approximate surface area is 220 Å². The van der Waals surface area contributed by atoms with Crippen LogP contribution in [0.1, 0.15) is 55.5 Å². The number of hydrogen-bond donors (Lipinski definition) is 3. The Hall–Kier alpha value is -3.27. The number of amides is 2. The van der Waals surface area contributed by atoms with Crippen LogP contribution in [-0.4, -0.2) is 48.9 Å². The molecule has 1 aromatic carbocycles. The number of fused-ring (bicyclic) bond motifs is 1. The lowest BCUT2D eigenvalue weighted by atomic mass is 9.80. The molecule has 5 rings (SSSR count). The lowest BCUT2D eigenvalue weighted by Crippen LogP contribution is -2.61. The summed E-state index contributed by atoms with van der Waals surface area (Å²) in [6, 6.07) is 9.34. The molecule has 0 bridgehead atoms. The van der Waals surface area contributed by atoms with Gasteiger partial charge in [0.15, 0.2) is 10.9 Å². The van der Waals surface area contributed by atoms with Crippen LogP contribution < -0.4 is 16.0 Å². The summed E-state index contributed by atoms with van der Waals surface area (Å²) in [6.07, 6.45) is 4.91. The average molecular weight is 541 g/mol. The highest BCUT2D eigenvalue weighted by molar-refractivity contribution is 7.79. The van der Waals surface area contributed by atoms with E-state index >= 15 is 0 Å². The van der Waals surface area contributed by atoms with Crippen LogP contribution in [0, 0.1) is 11.3 Å². The van der Waals surface area contributed by atoms with Gasteiger partial charge in [0.25, 0.3) is 5.91 Å². The summed E-state index contributed by atoms with van der Waals surface area (Å²) in [7, 11) is 0. The molecule has 2 heterocycles. The van der Waals surface area contributed by atoms with Crippen molar-refractivity contribution < 1.29 is 22.8 Å². The van der Waals surface area contributed by atoms with Crippen LogP contribution in [0.3, 0.4) is 0 Å². The van der Waals surface area contributed by atoms with E-state index in [1.54, 1.807) is 12.1 Å². The molecular weight excluding hydrogens is 514 g/mol. The Morgan fingerprint density at radius 2 is 1.95 bits per heavy atom. The maximum atomic E-state index is 13.2. The highest BCUT2D eigenvalue weighted by Crippen LogP contribution is 2.37. The minimum Gasteiger partial charge on any atom is -0.772 e. The number of anilines is 1. The molecule has 2 aliphatic rings. The fourth-order valence-electron chi connectivity index (χ4n) is 4.60. The van der Waals surface area contributed by atoms with Crippen LogP contribution >= 0.6 is 11.3 Å². The number of thiazole rings is 1. The van der Waals surface area contributed by atoms with Gasteiger partial charge in [0, 0.05) is 28.6 Å². The summed E-state index contributed by atoms with van der Waals surface area (Å²) >= 11 is -0.745. The van der Waals surface area contributed by atoms with Crippen molar-refractivity contribution in [2.45, 2.75) is 56.0 Å². The molecule has 1 unspecified atom stereocenters. The van der Waals surface area contributed by atoms with Crippen molar-refractivity contribution in [1.29, 1.82) is 5.26 Å². The molecule has 12 heteroatoms. The van der Waals surface area contributed by atoms with Gasteiger partial charge in [0.1, 0.15) is 16.7 Å². The van der Waals surface area contributed by atoms with Gasteiger partial charge in [-0.05, 0) is 37.8 Å². The van der Waals surface area contributed by atoms with Crippen LogP contribution in [0.2, 0.25) is 0 Å². The molecule has 37 heavy (non-hydrogen) atoms. The summed E-state index contributed by atoms with van der Waals surface area (Å²) < 4.78 is 27.3. The molecule has 0 radical (unpaired) electrons. The molecule has 10 nitrogen and oxygen atoms in total. The van der Waals surface area contributed by atoms with E-state index in [0.29, 0.717) is 42.1 Å². The molecule has 2 amide bonds. The SMILES string of the molecule is N#CC1(NC(=O)C2(NC(=O)c3cc4ccc(-c5csc(NCCS(=O)[O-])n5)cc4o3)CCCCC2)CC1. The molecule has 3 aromatic rings. The molecule has 2 aromatic heterocycles. The van der Waals surface area contributed by atoms with Crippen LogP contribution in [0.15, 0.2) is 34.1 Å². The summed E-state index contributed by atoms with van der Waals surface area (Å²) in [5.41, 5.74) is 0.135. The monoisotopic (exact) mass is 540 g/mol. The predicted octanol–water partition coefficient (Wildman–Crippen LogP) is 3.45. The maximum absolute atomic E-state index is 13.2. The fraction of sp³-hybridized carbons (Fsp3) is 0.440. The van der Waals surface area contributed by atoms with Crippen molar-refractivity contribution in [2.75, 3.05) is 17.6 Å². The number of hydrogen-bond acceptors (Lipinski definition) is 9. The number of carbonyl (C=O) groups is 2. The lowest BCUT2D eigenvalue weighted by molar-refractivity contribution is -0.129. The van der Waals surface area contributed by atoms with E-state index in [4.69, 9.17) is 4.42 Å². The molecule has 2 aliphatic carbocycles. The van der Waals surface area contributed by atoms with Gasteiger partial charge in [0.2, 0.25) is 5.91 Å². The van der Waals surface area contributed by atoms with Crippen LogP contribution in [0.4, 0.5) is 5.13 Å². The third kappa shape index (κ3) is 5.53. The Morgan fingerprint density at radius 3 is 2.65 bits per heavy atom. The first kappa shape index (κ1) is 25.4. The second-order valence-electron chi connectivity index (χ2n) is 9.58. The maximum Gasteiger partial charge on any atom is 0.287 e. The lowest BCUT2D eigenvalue weighted by Gasteiger charge is -2.37. The molecule has 2 fully saturated rings. The molecule has 2 saturated carbocycles. The van der Waals surface area contributed by atoms with Crippen molar-refractivity contribution in [3.63, 3.8) is 0 Å². The molecule has 0 spiro atoms. The second kappa shape index (κ2) is 10.2. The highest BCUT2D eigenvalue weighted by Gasteiger charge is 2.50. The van der Waals surface area contributed by atoms with Crippen molar-refractivity contribution in [1.82, 2.24) is 15.6 Å². The molecule has 3 N–H and O–H groups in total. The van der Waals surface area contributed by atoms with Gasteiger partial charge in [0.05, 0.1) is 11.8 Å². The number of nitrogens with zero attached hydrogens (tertiary/aromatic N) is 2. The van der Waals surface area contributed by atoms with Gasteiger partial charge in [-0.25, -0.2) is 4.98 Å². The Balaban J connectivity index is 1.32. The van der Waals surface area contributed by atoms with Gasteiger partial charge in [-0.15, -0.1) is 11.3 Å². The van der Waals surface area contributed by atoms with Crippen LogP contribution in [0.25, 0.3) is 22.2 Å². The van der Waals surface area contributed by atoms with Crippen molar-refractivity contribution >= 4 is 50.3 Å². The van der Waals surface area contributed by atoms with Gasteiger partial charge in [-0.2, -0.15) is 5.26 Å². The average Bonchev–Trinajstić information content (AvgIpc) is 3.29. The molecule has 194 valence electrons.